The number of methoxy groups -OCH3 is 1. The average Bonchev–Trinajstić information content (AvgIpc) is 2.70. The number of nitrogens with one attached hydrogen (secondary N) is 3. The van der Waals surface area contributed by atoms with Crippen LogP contribution in [-0.4, -0.2) is 75.4 Å². The molecule has 2 fully saturated rings. The molecule has 0 saturated carbocycles. The Morgan fingerprint density at radius 2 is 1.70 bits per heavy atom. The number of piperidine rings is 1. The maximum Gasteiger partial charge on any atom is 0.256 e. The van der Waals surface area contributed by atoms with Gasteiger partial charge in [-0.3, -0.25) is 14.5 Å². The first kappa shape index (κ1) is 19.8. The van der Waals surface area contributed by atoms with Gasteiger partial charge in [-0.1, -0.05) is 0 Å². The summed E-state index contributed by atoms with van der Waals surface area (Å²) in [5.74, 6) is -0.183. The second kappa shape index (κ2) is 9.27. The highest BCUT2D eigenvalue weighted by atomic mass is 16.5. The summed E-state index contributed by atoms with van der Waals surface area (Å²) in [5.41, 5.74) is 0.603. The zero-order valence-corrected chi connectivity index (χ0v) is 15.8. The summed E-state index contributed by atoms with van der Waals surface area (Å²) in [6, 6.07) is 7.14. The molecule has 0 radical (unpaired) electrons. The lowest BCUT2D eigenvalue weighted by molar-refractivity contribution is -0.140. The molecule has 0 spiro atoms. The quantitative estimate of drug-likeness (QED) is 0.676. The number of benzene rings is 1. The minimum atomic E-state index is -0.781. The maximum absolute atomic E-state index is 12.7. The average molecular weight is 376 g/mol. The smallest absolute Gasteiger partial charge is 0.256 e. The van der Waals surface area contributed by atoms with Crippen LogP contribution >= 0.6 is 0 Å². The second-order valence-corrected chi connectivity index (χ2v) is 6.92. The fourth-order valence-electron chi connectivity index (χ4n) is 3.40. The van der Waals surface area contributed by atoms with Gasteiger partial charge in [0.05, 0.1) is 19.8 Å². The van der Waals surface area contributed by atoms with Crippen molar-refractivity contribution in [2.24, 2.45) is 0 Å². The van der Waals surface area contributed by atoms with Gasteiger partial charge in [-0.2, -0.15) is 0 Å². The molecule has 0 aromatic heterocycles. The number of rotatable bonds is 6. The van der Waals surface area contributed by atoms with Crippen molar-refractivity contribution in [1.82, 2.24) is 10.2 Å². The molecule has 2 heterocycles. The van der Waals surface area contributed by atoms with E-state index in [9.17, 15) is 9.59 Å². The molecule has 2 saturated heterocycles. The fraction of sp³-hybridized carbons (Fsp3) is 0.579. The van der Waals surface area contributed by atoms with E-state index in [1.807, 2.05) is 0 Å². The molecule has 1 aromatic carbocycles. The van der Waals surface area contributed by atoms with Crippen LogP contribution in [0.25, 0.3) is 0 Å². The zero-order valence-electron chi connectivity index (χ0n) is 15.8. The van der Waals surface area contributed by atoms with E-state index in [-0.39, 0.29) is 11.8 Å². The van der Waals surface area contributed by atoms with E-state index in [1.54, 1.807) is 31.4 Å². The van der Waals surface area contributed by atoms with Crippen LogP contribution in [0.5, 0.6) is 0 Å². The number of nitrogens with zero attached hydrogens (tertiary/aromatic N) is 1. The summed E-state index contributed by atoms with van der Waals surface area (Å²) in [7, 11) is 1.58. The third-order valence-corrected chi connectivity index (χ3v) is 5.11. The predicted octanol–water partition coefficient (Wildman–Crippen LogP) is 0.664. The predicted molar refractivity (Wildman–Crippen MR) is 103 cm³/mol. The van der Waals surface area contributed by atoms with E-state index < -0.39 is 5.60 Å². The molecule has 2 aliphatic rings. The molecule has 0 unspecified atom stereocenters. The van der Waals surface area contributed by atoms with Crippen molar-refractivity contribution in [2.45, 2.75) is 18.4 Å². The Morgan fingerprint density at radius 3 is 2.30 bits per heavy atom. The number of carbonyl (C=O) groups is 2. The van der Waals surface area contributed by atoms with Crippen molar-refractivity contribution < 1.29 is 19.1 Å². The number of amides is 2. The van der Waals surface area contributed by atoms with Crippen molar-refractivity contribution in [1.29, 1.82) is 0 Å². The van der Waals surface area contributed by atoms with E-state index in [2.05, 4.69) is 20.9 Å². The van der Waals surface area contributed by atoms with Gasteiger partial charge in [0.25, 0.3) is 5.91 Å². The van der Waals surface area contributed by atoms with Crippen LogP contribution in [0.15, 0.2) is 24.3 Å². The van der Waals surface area contributed by atoms with Gasteiger partial charge in [-0.05, 0) is 50.2 Å². The lowest BCUT2D eigenvalue weighted by Gasteiger charge is -2.34. The summed E-state index contributed by atoms with van der Waals surface area (Å²) in [5, 5.41) is 9.04. The molecular formula is C19H28N4O4. The molecule has 0 aliphatic carbocycles. The lowest BCUT2D eigenvalue weighted by Crippen LogP contribution is -2.51. The van der Waals surface area contributed by atoms with E-state index in [4.69, 9.17) is 9.47 Å². The first-order valence-electron chi connectivity index (χ1n) is 9.39. The van der Waals surface area contributed by atoms with E-state index in [1.165, 1.54) is 0 Å². The summed E-state index contributed by atoms with van der Waals surface area (Å²) < 4.78 is 10.8. The lowest BCUT2D eigenvalue weighted by atomic mass is 9.91. The normalized spacial score (nSPS) is 20.0. The number of hydrogen-bond acceptors (Lipinski definition) is 6. The number of anilines is 2. The number of morpholine rings is 1. The summed E-state index contributed by atoms with van der Waals surface area (Å²) in [6.45, 7) is 4.75. The molecule has 1 aromatic rings. The molecule has 3 N–H and O–H groups in total. The zero-order chi connectivity index (χ0) is 19.1. The van der Waals surface area contributed by atoms with Crippen LogP contribution in [0.2, 0.25) is 0 Å². The van der Waals surface area contributed by atoms with Crippen LogP contribution in [0.3, 0.4) is 0 Å². The molecule has 0 bridgehead atoms. The largest absolute Gasteiger partial charge is 0.379 e. The van der Waals surface area contributed by atoms with Gasteiger partial charge in [0.1, 0.15) is 5.60 Å². The fourth-order valence-corrected chi connectivity index (χ4v) is 3.40. The molecule has 148 valence electrons. The van der Waals surface area contributed by atoms with Crippen LogP contribution in [0.4, 0.5) is 11.4 Å². The first-order chi connectivity index (χ1) is 13.1. The standard InChI is InChI=1S/C19H28N4O4/c1-26-19(6-8-20-9-7-19)18(25)22-16-4-2-15(3-5-16)21-17(24)14-23-10-12-27-13-11-23/h2-5,20H,6-14H2,1H3,(H,21,24)(H,22,25). The van der Waals surface area contributed by atoms with E-state index in [0.29, 0.717) is 44.0 Å². The van der Waals surface area contributed by atoms with E-state index >= 15 is 0 Å². The monoisotopic (exact) mass is 376 g/mol. The highest BCUT2D eigenvalue weighted by molar-refractivity contribution is 5.98. The van der Waals surface area contributed by atoms with Gasteiger partial charge in [-0.25, -0.2) is 0 Å². The van der Waals surface area contributed by atoms with Gasteiger partial charge >= 0.3 is 0 Å². The van der Waals surface area contributed by atoms with Crippen molar-refractivity contribution in [2.75, 3.05) is 63.7 Å². The molecule has 0 atom stereocenters. The van der Waals surface area contributed by atoms with E-state index in [0.717, 1.165) is 26.2 Å². The molecular weight excluding hydrogens is 348 g/mol. The minimum absolute atomic E-state index is 0.0540. The van der Waals surface area contributed by atoms with Crippen LogP contribution in [0.1, 0.15) is 12.8 Å². The number of ether oxygens (including phenoxy) is 2. The van der Waals surface area contributed by atoms with Crippen molar-refractivity contribution in [3.8, 4) is 0 Å². The topological polar surface area (TPSA) is 91.9 Å². The van der Waals surface area contributed by atoms with Crippen molar-refractivity contribution in [3.63, 3.8) is 0 Å². The molecule has 2 amide bonds. The Morgan fingerprint density at radius 1 is 1.11 bits per heavy atom. The molecule has 3 rings (SSSR count). The van der Waals surface area contributed by atoms with Gasteiger partial charge in [-0.15, -0.1) is 0 Å². The highest BCUT2D eigenvalue weighted by Crippen LogP contribution is 2.25. The van der Waals surface area contributed by atoms with Crippen LogP contribution in [-0.2, 0) is 19.1 Å². The number of carbonyl (C=O) groups excluding carboxylic acids is 2. The molecule has 8 nitrogen and oxygen atoms in total. The summed E-state index contributed by atoms with van der Waals surface area (Å²) >= 11 is 0. The Kier molecular flexibility index (Phi) is 6.78. The van der Waals surface area contributed by atoms with Crippen molar-refractivity contribution in [3.05, 3.63) is 24.3 Å². The van der Waals surface area contributed by atoms with Gasteiger partial charge in [0, 0.05) is 31.6 Å². The Hall–Kier alpha value is -2.00. The third-order valence-electron chi connectivity index (χ3n) is 5.11. The second-order valence-electron chi connectivity index (χ2n) is 6.92. The SMILES string of the molecule is COC1(C(=O)Nc2ccc(NC(=O)CN3CCOCC3)cc2)CCNCC1. The summed E-state index contributed by atoms with van der Waals surface area (Å²) in [4.78, 5) is 26.9. The van der Waals surface area contributed by atoms with Crippen molar-refractivity contribution >= 4 is 23.2 Å². The van der Waals surface area contributed by atoms with Crippen LogP contribution < -0.4 is 16.0 Å². The number of hydrogen-bond donors (Lipinski definition) is 3. The maximum atomic E-state index is 12.7. The van der Waals surface area contributed by atoms with Gasteiger partial charge < -0.3 is 25.4 Å². The Balaban J connectivity index is 1.52. The molecule has 2 aliphatic heterocycles. The molecule has 27 heavy (non-hydrogen) atoms. The minimum Gasteiger partial charge on any atom is -0.379 e. The Bertz CT molecular complexity index is 638. The van der Waals surface area contributed by atoms with Crippen LogP contribution in [0, 0.1) is 0 Å². The van der Waals surface area contributed by atoms with Gasteiger partial charge in [0.15, 0.2) is 0 Å². The summed E-state index contributed by atoms with van der Waals surface area (Å²) in [6.07, 6.45) is 1.29. The Labute approximate surface area is 159 Å². The molecule has 8 heteroatoms. The first-order valence-corrected chi connectivity index (χ1v) is 9.39. The third kappa shape index (κ3) is 5.26. The van der Waals surface area contributed by atoms with Gasteiger partial charge in [0.2, 0.25) is 5.91 Å². The highest BCUT2D eigenvalue weighted by Gasteiger charge is 2.39.